The van der Waals surface area contributed by atoms with E-state index < -0.39 is 17.5 Å². The predicted octanol–water partition coefficient (Wildman–Crippen LogP) is 1.43. The van der Waals surface area contributed by atoms with E-state index in [4.69, 9.17) is 4.74 Å². The molecule has 0 atom stereocenters. The second-order valence-corrected chi connectivity index (χ2v) is 5.29. The van der Waals surface area contributed by atoms with Gasteiger partial charge in [-0.15, -0.1) is 0 Å². The van der Waals surface area contributed by atoms with Crippen LogP contribution >= 0.6 is 0 Å². The number of hydrogen-bond donors (Lipinski definition) is 3. The Kier molecular flexibility index (Phi) is 4.80. The molecule has 1 aliphatic rings. The van der Waals surface area contributed by atoms with Gasteiger partial charge >= 0.3 is 12.0 Å². The van der Waals surface area contributed by atoms with E-state index in [0.717, 1.165) is 11.1 Å². The number of ether oxygens (including phenoxy) is 1. The lowest BCUT2D eigenvalue weighted by Gasteiger charge is -2.33. The third-order valence-corrected chi connectivity index (χ3v) is 3.68. The first kappa shape index (κ1) is 15.3. The largest absolute Gasteiger partial charge is 0.480 e. The molecule has 6 heteroatoms. The van der Waals surface area contributed by atoms with E-state index in [1.807, 2.05) is 31.2 Å². The van der Waals surface area contributed by atoms with Gasteiger partial charge in [-0.05, 0) is 12.5 Å². The standard InChI is InChI=1S/C15H20N2O4/c1-11-2-4-12(5-3-11)10-16-14(20)17-15(13(18)19)6-8-21-9-7-15/h2-5H,6-10H2,1H3,(H,18,19)(H2,16,17,20). The molecule has 3 N–H and O–H groups in total. The Balaban J connectivity index is 1.90. The van der Waals surface area contributed by atoms with Crippen molar-refractivity contribution in [1.29, 1.82) is 0 Å². The highest BCUT2D eigenvalue weighted by atomic mass is 16.5. The summed E-state index contributed by atoms with van der Waals surface area (Å²) in [5, 5.41) is 14.6. The summed E-state index contributed by atoms with van der Waals surface area (Å²) in [7, 11) is 0. The first-order chi connectivity index (χ1) is 10.0. The Morgan fingerprint density at radius 2 is 1.86 bits per heavy atom. The number of amides is 2. The summed E-state index contributed by atoms with van der Waals surface area (Å²) in [4.78, 5) is 23.4. The van der Waals surface area contributed by atoms with Gasteiger partial charge in [-0.3, -0.25) is 0 Å². The second kappa shape index (κ2) is 6.58. The van der Waals surface area contributed by atoms with Gasteiger partial charge in [-0.2, -0.15) is 0 Å². The molecule has 6 nitrogen and oxygen atoms in total. The second-order valence-electron chi connectivity index (χ2n) is 5.29. The van der Waals surface area contributed by atoms with Crippen LogP contribution in [0.2, 0.25) is 0 Å². The maximum absolute atomic E-state index is 11.9. The van der Waals surface area contributed by atoms with Crippen LogP contribution < -0.4 is 10.6 Å². The summed E-state index contributed by atoms with van der Waals surface area (Å²) >= 11 is 0. The van der Waals surface area contributed by atoms with Gasteiger partial charge in [0.15, 0.2) is 0 Å². The molecule has 0 spiro atoms. The number of hydrogen-bond acceptors (Lipinski definition) is 3. The summed E-state index contributed by atoms with van der Waals surface area (Å²) in [6.45, 7) is 3.03. The normalized spacial score (nSPS) is 17.0. The van der Waals surface area contributed by atoms with Gasteiger partial charge in [0, 0.05) is 32.6 Å². The molecule has 0 aromatic heterocycles. The maximum Gasteiger partial charge on any atom is 0.329 e. The monoisotopic (exact) mass is 292 g/mol. The van der Waals surface area contributed by atoms with E-state index in [1.165, 1.54) is 0 Å². The number of carbonyl (C=O) groups is 2. The van der Waals surface area contributed by atoms with Gasteiger partial charge in [0.25, 0.3) is 0 Å². The van der Waals surface area contributed by atoms with Crippen LogP contribution in [0.4, 0.5) is 4.79 Å². The number of carboxylic acids is 1. The zero-order chi connectivity index (χ0) is 15.3. The number of benzene rings is 1. The number of urea groups is 1. The van der Waals surface area contributed by atoms with Crippen molar-refractivity contribution < 1.29 is 19.4 Å². The topological polar surface area (TPSA) is 87.7 Å². The van der Waals surface area contributed by atoms with E-state index in [2.05, 4.69) is 10.6 Å². The molecule has 0 unspecified atom stereocenters. The molecular weight excluding hydrogens is 272 g/mol. The van der Waals surface area contributed by atoms with Crippen LogP contribution in [0.15, 0.2) is 24.3 Å². The summed E-state index contributed by atoms with van der Waals surface area (Å²) in [5.41, 5.74) is 0.887. The third-order valence-electron chi connectivity index (χ3n) is 3.68. The maximum atomic E-state index is 11.9. The molecule has 21 heavy (non-hydrogen) atoms. The average Bonchev–Trinajstić information content (AvgIpc) is 2.47. The van der Waals surface area contributed by atoms with Gasteiger partial charge in [-0.1, -0.05) is 29.8 Å². The average molecular weight is 292 g/mol. The molecule has 0 radical (unpaired) electrons. The van der Waals surface area contributed by atoms with E-state index in [9.17, 15) is 14.7 Å². The summed E-state index contributed by atoms with van der Waals surface area (Å²) in [6.07, 6.45) is 0.556. The fourth-order valence-electron chi connectivity index (χ4n) is 2.26. The minimum atomic E-state index is -1.23. The van der Waals surface area contributed by atoms with Crippen molar-refractivity contribution in [1.82, 2.24) is 10.6 Å². The molecule has 1 aromatic rings. The number of carboxylic acid groups (broad SMARTS) is 1. The first-order valence-electron chi connectivity index (χ1n) is 6.94. The van der Waals surface area contributed by atoms with E-state index >= 15 is 0 Å². The Bertz CT molecular complexity index is 507. The molecule has 114 valence electrons. The van der Waals surface area contributed by atoms with Crippen molar-refractivity contribution in [3.05, 3.63) is 35.4 Å². The number of aryl methyl sites for hydroxylation is 1. The van der Waals surface area contributed by atoms with E-state index in [-0.39, 0.29) is 12.8 Å². The lowest BCUT2D eigenvalue weighted by atomic mass is 9.90. The minimum Gasteiger partial charge on any atom is -0.480 e. The molecule has 2 amide bonds. The molecule has 2 rings (SSSR count). The van der Waals surface area contributed by atoms with Crippen LogP contribution in [-0.2, 0) is 16.1 Å². The van der Waals surface area contributed by atoms with Crippen molar-refractivity contribution in [3.8, 4) is 0 Å². The molecule has 1 aromatic carbocycles. The van der Waals surface area contributed by atoms with Crippen molar-refractivity contribution >= 4 is 12.0 Å². The summed E-state index contributed by atoms with van der Waals surface area (Å²) < 4.78 is 5.16. The van der Waals surface area contributed by atoms with Crippen molar-refractivity contribution in [2.75, 3.05) is 13.2 Å². The fraction of sp³-hybridized carbons (Fsp3) is 0.467. The third kappa shape index (κ3) is 3.95. The van der Waals surface area contributed by atoms with Crippen LogP contribution in [-0.4, -0.2) is 35.9 Å². The van der Waals surface area contributed by atoms with Gasteiger partial charge in [0.05, 0.1) is 0 Å². The van der Waals surface area contributed by atoms with E-state index in [0.29, 0.717) is 19.8 Å². The number of aliphatic carboxylic acids is 1. The highest BCUT2D eigenvalue weighted by Crippen LogP contribution is 2.20. The minimum absolute atomic E-state index is 0.278. The number of carbonyl (C=O) groups excluding carboxylic acids is 1. The first-order valence-corrected chi connectivity index (χ1v) is 6.94. The van der Waals surface area contributed by atoms with Crippen LogP contribution in [0.5, 0.6) is 0 Å². The van der Waals surface area contributed by atoms with Crippen molar-refractivity contribution in [3.63, 3.8) is 0 Å². The quantitative estimate of drug-likeness (QED) is 0.783. The molecular formula is C15H20N2O4. The Labute approximate surface area is 123 Å². The van der Waals surface area contributed by atoms with Crippen LogP contribution in [0, 0.1) is 6.92 Å². The molecule has 1 fully saturated rings. The van der Waals surface area contributed by atoms with Crippen molar-refractivity contribution in [2.45, 2.75) is 31.8 Å². The Hall–Kier alpha value is -2.08. The lowest BCUT2D eigenvalue weighted by molar-refractivity contribution is -0.148. The zero-order valence-corrected chi connectivity index (χ0v) is 12.0. The molecule has 0 aliphatic carbocycles. The highest BCUT2D eigenvalue weighted by Gasteiger charge is 2.41. The zero-order valence-electron chi connectivity index (χ0n) is 12.0. The molecule has 1 saturated heterocycles. The summed E-state index contributed by atoms with van der Waals surface area (Å²) in [6, 6.07) is 7.31. The Morgan fingerprint density at radius 1 is 1.24 bits per heavy atom. The van der Waals surface area contributed by atoms with Gasteiger partial charge in [0.1, 0.15) is 5.54 Å². The van der Waals surface area contributed by atoms with Crippen molar-refractivity contribution in [2.24, 2.45) is 0 Å². The SMILES string of the molecule is Cc1ccc(CNC(=O)NC2(C(=O)O)CCOCC2)cc1. The Morgan fingerprint density at radius 3 is 2.43 bits per heavy atom. The van der Waals surface area contributed by atoms with Gasteiger partial charge in [-0.25, -0.2) is 9.59 Å². The van der Waals surface area contributed by atoms with Gasteiger partial charge < -0.3 is 20.5 Å². The highest BCUT2D eigenvalue weighted by molar-refractivity contribution is 5.86. The lowest BCUT2D eigenvalue weighted by Crippen LogP contribution is -2.59. The van der Waals surface area contributed by atoms with Gasteiger partial charge in [0.2, 0.25) is 0 Å². The predicted molar refractivity (Wildman–Crippen MR) is 77.0 cm³/mol. The van der Waals surface area contributed by atoms with Crippen LogP contribution in [0.3, 0.4) is 0 Å². The number of rotatable bonds is 4. The molecule has 1 aliphatic heterocycles. The molecule has 0 saturated carbocycles. The van der Waals surface area contributed by atoms with Crippen LogP contribution in [0.1, 0.15) is 24.0 Å². The fourth-order valence-corrected chi connectivity index (χ4v) is 2.26. The summed E-state index contributed by atoms with van der Waals surface area (Å²) in [5.74, 6) is -1.02. The molecule has 0 bridgehead atoms. The smallest absolute Gasteiger partial charge is 0.329 e. The van der Waals surface area contributed by atoms with Crippen LogP contribution in [0.25, 0.3) is 0 Å². The number of nitrogens with one attached hydrogen (secondary N) is 2. The van der Waals surface area contributed by atoms with E-state index in [1.54, 1.807) is 0 Å². The molecule has 1 heterocycles.